The number of carboxylic acid groups (broad SMARTS) is 1. The third-order valence-electron chi connectivity index (χ3n) is 5.00. The molecule has 0 bridgehead atoms. The summed E-state index contributed by atoms with van der Waals surface area (Å²) in [4.78, 5) is 18.4. The number of thiophene rings is 1. The van der Waals surface area contributed by atoms with Gasteiger partial charge in [0.2, 0.25) is 0 Å². The van der Waals surface area contributed by atoms with Crippen molar-refractivity contribution in [2.75, 3.05) is 32.1 Å². The van der Waals surface area contributed by atoms with Gasteiger partial charge in [0.05, 0.1) is 12.0 Å². The van der Waals surface area contributed by atoms with Crippen molar-refractivity contribution in [3.8, 4) is 0 Å². The van der Waals surface area contributed by atoms with Crippen molar-refractivity contribution >= 4 is 23.0 Å². The van der Waals surface area contributed by atoms with Crippen LogP contribution in [0.5, 0.6) is 0 Å². The van der Waals surface area contributed by atoms with Gasteiger partial charge in [0, 0.05) is 29.5 Å². The molecule has 134 valence electrons. The lowest BCUT2D eigenvalue weighted by Crippen LogP contribution is -2.39. The van der Waals surface area contributed by atoms with Crippen molar-refractivity contribution in [1.29, 1.82) is 0 Å². The molecule has 0 radical (unpaired) electrons. The molecule has 1 atom stereocenters. The van der Waals surface area contributed by atoms with Crippen LogP contribution in [0, 0.1) is 12.8 Å². The molecule has 1 aromatic heterocycles. The van der Waals surface area contributed by atoms with E-state index in [9.17, 15) is 9.90 Å². The van der Waals surface area contributed by atoms with Crippen molar-refractivity contribution in [1.82, 2.24) is 4.90 Å². The average Bonchev–Trinajstić information content (AvgIpc) is 3.02. The second-order valence-corrected chi connectivity index (χ2v) is 8.30. The van der Waals surface area contributed by atoms with Crippen molar-refractivity contribution in [3.63, 3.8) is 0 Å². The van der Waals surface area contributed by atoms with E-state index in [-0.39, 0.29) is 12.0 Å². The molecule has 0 saturated carbocycles. The maximum atomic E-state index is 11.3. The molecule has 0 spiro atoms. The van der Waals surface area contributed by atoms with Gasteiger partial charge in [0.1, 0.15) is 0 Å². The number of hydrogen-bond donors (Lipinski definition) is 1. The normalized spacial score (nSPS) is 17.4. The van der Waals surface area contributed by atoms with E-state index in [0.717, 1.165) is 25.9 Å². The van der Waals surface area contributed by atoms with Crippen LogP contribution in [0.3, 0.4) is 0 Å². The van der Waals surface area contributed by atoms with E-state index in [4.69, 9.17) is 0 Å². The number of hydrogen-bond acceptors (Lipinski definition) is 4. The monoisotopic (exact) mass is 358 g/mol. The van der Waals surface area contributed by atoms with E-state index in [2.05, 4.69) is 53.1 Å². The molecule has 1 aliphatic rings. The Bertz CT molecular complexity index is 716. The summed E-state index contributed by atoms with van der Waals surface area (Å²) < 4.78 is 0. The molecule has 1 saturated heterocycles. The zero-order chi connectivity index (χ0) is 18.0. The molecule has 4 nitrogen and oxygen atoms in total. The fraction of sp³-hybridized carbons (Fsp3) is 0.450. The number of carbonyl (C=O) groups is 1. The second kappa shape index (κ2) is 7.58. The van der Waals surface area contributed by atoms with E-state index < -0.39 is 5.97 Å². The van der Waals surface area contributed by atoms with Gasteiger partial charge in [0.15, 0.2) is 0 Å². The first-order valence-corrected chi connectivity index (χ1v) is 9.58. The molecule has 1 fully saturated rings. The molecule has 2 aromatic rings. The molecular weight excluding hydrogens is 332 g/mol. The highest BCUT2D eigenvalue weighted by molar-refractivity contribution is 7.12. The van der Waals surface area contributed by atoms with Gasteiger partial charge >= 0.3 is 5.97 Å². The van der Waals surface area contributed by atoms with Crippen LogP contribution in [0.4, 0.5) is 5.69 Å². The van der Waals surface area contributed by atoms with Crippen LogP contribution in [-0.2, 0) is 4.79 Å². The van der Waals surface area contributed by atoms with Gasteiger partial charge in [-0.15, -0.1) is 11.3 Å². The van der Waals surface area contributed by atoms with Gasteiger partial charge in [-0.05, 0) is 62.7 Å². The quantitative estimate of drug-likeness (QED) is 0.877. The molecule has 5 heteroatoms. The number of likely N-dealkylation sites (tertiary alicyclic amines) is 1. The molecular formula is C20H26N2O2S. The molecule has 1 unspecified atom stereocenters. The highest BCUT2D eigenvalue weighted by Crippen LogP contribution is 2.36. The fourth-order valence-corrected chi connectivity index (χ4v) is 4.56. The van der Waals surface area contributed by atoms with Crippen LogP contribution in [0.1, 0.15) is 34.2 Å². The Kier molecular flexibility index (Phi) is 5.45. The van der Waals surface area contributed by atoms with Gasteiger partial charge in [-0.3, -0.25) is 9.69 Å². The van der Waals surface area contributed by atoms with Crippen LogP contribution in [0.15, 0.2) is 36.4 Å². The van der Waals surface area contributed by atoms with Crippen molar-refractivity contribution in [2.24, 2.45) is 5.92 Å². The SMILES string of the molecule is Cc1ccc(C(c2ccc(N(C)C)cc2)N2CCC(C(=O)O)CC2)s1. The first kappa shape index (κ1) is 18.0. The minimum atomic E-state index is -0.654. The highest BCUT2D eigenvalue weighted by Gasteiger charge is 2.30. The lowest BCUT2D eigenvalue weighted by atomic mass is 9.93. The van der Waals surface area contributed by atoms with Crippen LogP contribution >= 0.6 is 11.3 Å². The minimum Gasteiger partial charge on any atom is -0.481 e. The summed E-state index contributed by atoms with van der Waals surface area (Å²) in [5.41, 5.74) is 2.47. The Morgan fingerprint density at radius 2 is 1.80 bits per heavy atom. The van der Waals surface area contributed by atoms with Gasteiger partial charge in [-0.1, -0.05) is 12.1 Å². The summed E-state index contributed by atoms with van der Waals surface area (Å²) in [6.07, 6.45) is 1.46. The predicted octanol–water partition coefficient (Wildman–Crippen LogP) is 4.01. The number of piperidine rings is 1. The third-order valence-corrected chi connectivity index (χ3v) is 6.05. The standard InChI is InChI=1S/C20H26N2O2S/c1-14-4-9-18(25-14)19(15-5-7-17(8-6-15)21(2)3)22-12-10-16(11-13-22)20(23)24/h4-9,16,19H,10-13H2,1-3H3,(H,23,24). The minimum absolute atomic E-state index is 0.196. The molecule has 1 aliphatic heterocycles. The molecule has 1 N–H and O–H groups in total. The highest BCUT2D eigenvalue weighted by atomic mass is 32.1. The van der Waals surface area contributed by atoms with Gasteiger partial charge < -0.3 is 10.0 Å². The average molecular weight is 359 g/mol. The topological polar surface area (TPSA) is 43.8 Å². The smallest absolute Gasteiger partial charge is 0.306 e. The number of nitrogens with zero attached hydrogens (tertiary/aromatic N) is 2. The first-order chi connectivity index (χ1) is 12.0. The Hall–Kier alpha value is -1.85. The summed E-state index contributed by atoms with van der Waals surface area (Å²) in [6, 6.07) is 13.3. The van der Waals surface area contributed by atoms with E-state index >= 15 is 0 Å². The Labute approximate surface area is 153 Å². The molecule has 25 heavy (non-hydrogen) atoms. The number of aryl methyl sites for hydroxylation is 1. The van der Waals surface area contributed by atoms with Crippen LogP contribution in [-0.4, -0.2) is 43.2 Å². The summed E-state index contributed by atoms with van der Waals surface area (Å²) in [5.74, 6) is -0.850. The van der Waals surface area contributed by atoms with Gasteiger partial charge in [-0.25, -0.2) is 0 Å². The van der Waals surface area contributed by atoms with Crippen molar-refractivity contribution in [2.45, 2.75) is 25.8 Å². The second-order valence-electron chi connectivity index (χ2n) is 6.99. The maximum Gasteiger partial charge on any atom is 0.306 e. The summed E-state index contributed by atoms with van der Waals surface area (Å²) >= 11 is 1.83. The molecule has 1 aromatic carbocycles. The third kappa shape index (κ3) is 4.05. The van der Waals surface area contributed by atoms with E-state index in [0.29, 0.717) is 0 Å². The molecule has 0 aliphatic carbocycles. The fourth-order valence-electron chi connectivity index (χ4n) is 3.51. The van der Waals surface area contributed by atoms with Crippen molar-refractivity contribution in [3.05, 3.63) is 51.7 Å². The zero-order valence-corrected chi connectivity index (χ0v) is 15.9. The lowest BCUT2D eigenvalue weighted by Gasteiger charge is -2.36. The molecule has 3 rings (SSSR count). The Morgan fingerprint density at radius 3 is 2.28 bits per heavy atom. The van der Waals surface area contributed by atoms with E-state index in [1.165, 1.54) is 21.0 Å². The Balaban J connectivity index is 1.87. The maximum absolute atomic E-state index is 11.3. The summed E-state index contributed by atoms with van der Waals surface area (Å²) in [6.45, 7) is 3.79. The number of rotatable bonds is 5. The number of benzene rings is 1. The first-order valence-electron chi connectivity index (χ1n) is 8.76. The van der Waals surface area contributed by atoms with Gasteiger partial charge in [0.25, 0.3) is 0 Å². The number of carboxylic acids is 1. The Morgan fingerprint density at radius 1 is 1.16 bits per heavy atom. The predicted molar refractivity (Wildman–Crippen MR) is 104 cm³/mol. The zero-order valence-electron chi connectivity index (χ0n) is 15.1. The summed E-state index contributed by atoms with van der Waals surface area (Å²) in [7, 11) is 4.09. The van der Waals surface area contributed by atoms with Gasteiger partial charge in [-0.2, -0.15) is 0 Å². The largest absolute Gasteiger partial charge is 0.481 e. The van der Waals surface area contributed by atoms with E-state index in [1.54, 1.807) is 0 Å². The van der Waals surface area contributed by atoms with Crippen LogP contribution in [0.25, 0.3) is 0 Å². The molecule has 0 amide bonds. The number of aliphatic carboxylic acids is 1. The van der Waals surface area contributed by atoms with Crippen LogP contribution < -0.4 is 4.90 Å². The van der Waals surface area contributed by atoms with E-state index in [1.807, 2.05) is 25.4 Å². The number of anilines is 1. The van der Waals surface area contributed by atoms with Crippen LogP contribution in [0.2, 0.25) is 0 Å². The summed E-state index contributed by atoms with van der Waals surface area (Å²) in [5, 5.41) is 9.26. The van der Waals surface area contributed by atoms with Crippen molar-refractivity contribution < 1.29 is 9.90 Å². The lowest BCUT2D eigenvalue weighted by molar-refractivity contribution is -0.143. The molecule has 2 heterocycles.